The number of hydrogen-bond acceptors (Lipinski definition) is 6. The number of nitrogens with zero attached hydrogens (tertiary/aromatic N) is 2. The van der Waals surface area contributed by atoms with Crippen molar-refractivity contribution in [3.8, 4) is 0 Å². The van der Waals surface area contributed by atoms with E-state index in [1.54, 1.807) is 31.1 Å². The van der Waals surface area contributed by atoms with Crippen LogP contribution in [0, 0.1) is 0 Å². The summed E-state index contributed by atoms with van der Waals surface area (Å²) in [6.45, 7) is 0.187. The van der Waals surface area contributed by atoms with Crippen LogP contribution in [0.4, 0.5) is 11.4 Å². The summed E-state index contributed by atoms with van der Waals surface area (Å²) in [4.78, 5) is 14.3. The summed E-state index contributed by atoms with van der Waals surface area (Å²) >= 11 is 0. The zero-order valence-electron chi connectivity index (χ0n) is 15.0. The van der Waals surface area contributed by atoms with Crippen molar-refractivity contribution >= 4 is 39.7 Å². The van der Waals surface area contributed by atoms with Crippen molar-refractivity contribution in [2.24, 2.45) is 5.73 Å². The Balaban J connectivity index is 0.00000338. The zero-order valence-corrected chi connectivity index (χ0v) is 16.6. The number of furan rings is 1. The average Bonchev–Trinajstić information content (AvgIpc) is 3.03. The van der Waals surface area contributed by atoms with Crippen molar-refractivity contribution < 1.29 is 17.6 Å². The second-order valence-electron chi connectivity index (χ2n) is 5.82. The minimum Gasteiger partial charge on any atom is -0.467 e. The summed E-state index contributed by atoms with van der Waals surface area (Å²) in [5.41, 5.74) is 6.84. The molecule has 0 fully saturated rings. The van der Waals surface area contributed by atoms with Crippen molar-refractivity contribution in [3.05, 3.63) is 41.9 Å². The molecule has 0 atom stereocenters. The van der Waals surface area contributed by atoms with E-state index in [-0.39, 0.29) is 23.8 Å². The molecule has 0 spiro atoms. The van der Waals surface area contributed by atoms with Gasteiger partial charge >= 0.3 is 0 Å². The Hall–Kier alpha value is -2.07. The number of anilines is 2. The molecule has 0 radical (unpaired) electrons. The highest BCUT2D eigenvalue weighted by Gasteiger charge is 2.20. The molecule has 0 saturated carbocycles. The van der Waals surface area contributed by atoms with Crippen LogP contribution >= 0.6 is 12.4 Å². The van der Waals surface area contributed by atoms with E-state index in [0.717, 1.165) is 4.31 Å². The van der Waals surface area contributed by atoms with Crippen LogP contribution in [0.2, 0.25) is 0 Å². The molecule has 0 aliphatic heterocycles. The fourth-order valence-electron chi connectivity index (χ4n) is 2.18. The third-order valence-electron chi connectivity index (χ3n) is 3.59. The Morgan fingerprint density at radius 2 is 1.85 bits per heavy atom. The molecular formula is C16H23ClN4O4S. The molecule has 8 nitrogen and oxygen atoms in total. The Bertz CT molecular complexity index is 878. The topological polar surface area (TPSA) is 109 Å². The molecule has 1 amide bonds. The van der Waals surface area contributed by atoms with Gasteiger partial charge in [-0.1, -0.05) is 0 Å². The zero-order chi connectivity index (χ0) is 18.8. The van der Waals surface area contributed by atoms with E-state index in [1.807, 2.05) is 0 Å². The van der Waals surface area contributed by atoms with Crippen molar-refractivity contribution in [1.82, 2.24) is 4.31 Å². The molecule has 10 heteroatoms. The number of benzene rings is 1. The highest BCUT2D eigenvalue weighted by molar-refractivity contribution is 7.89. The van der Waals surface area contributed by atoms with Gasteiger partial charge < -0.3 is 20.4 Å². The molecule has 2 aromatic rings. The molecule has 0 unspecified atom stereocenters. The Morgan fingerprint density at radius 1 is 1.19 bits per heavy atom. The molecule has 0 aliphatic rings. The molecule has 26 heavy (non-hydrogen) atoms. The lowest BCUT2D eigenvalue weighted by atomic mass is 10.2. The van der Waals surface area contributed by atoms with Gasteiger partial charge in [-0.05, 0) is 24.3 Å². The van der Waals surface area contributed by atoms with Gasteiger partial charge in [0.2, 0.25) is 10.0 Å². The highest BCUT2D eigenvalue weighted by Crippen LogP contribution is 2.29. The number of amides is 1. The molecule has 0 bridgehead atoms. The summed E-state index contributed by atoms with van der Waals surface area (Å²) in [6, 6.07) is 6.13. The van der Waals surface area contributed by atoms with Gasteiger partial charge in [-0.15, -0.1) is 12.4 Å². The van der Waals surface area contributed by atoms with Crippen LogP contribution in [0.25, 0.3) is 0 Å². The van der Waals surface area contributed by atoms with E-state index >= 15 is 0 Å². The standard InChI is InChI=1S/C16H22N4O4S.ClH/c1-19(2)15-6-5-13(25(22,23)20(3)4)8-14(15)18-16(21)11-7-12(9-17)24-10-11;/h5-8,10H,9,17H2,1-4H3,(H,18,21);1H. The van der Waals surface area contributed by atoms with Crippen LogP contribution in [0.3, 0.4) is 0 Å². The number of rotatable bonds is 6. The molecule has 3 N–H and O–H groups in total. The number of carbonyl (C=O) groups excluding carboxylic acids is 1. The first-order chi connectivity index (χ1) is 11.7. The minimum atomic E-state index is -3.61. The summed E-state index contributed by atoms with van der Waals surface area (Å²) in [5.74, 6) is 0.0767. The molecule has 0 saturated heterocycles. The first-order valence-corrected chi connectivity index (χ1v) is 8.93. The largest absolute Gasteiger partial charge is 0.467 e. The maximum absolute atomic E-state index is 12.4. The van der Waals surface area contributed by atoms with E-state index in [1.165, 1.54) is 32.5 Å². The van der Waals surface area contributed by atoms with Crippen LogP contribution in [-0.2, 0) is 16.6 Å². The molecule has 1 aromatic heterocycles. The third kappa shape index (κ3) is 4.55. The van der Waals surface area contributed by atoms with Gasteiger partial charge in [0, 0.05) is 28.2 Å². The predicted molar refractivity (Wildman–Crippen MR) is 103 cm³/mol. The summed E-state index contributed by atoms with van der Waals surface area (Å²) < 4.78 is 30.9. The van der Waals surface area contributed by atoms with Crippen molar-refractivity contribution in [1.29, 1.82) is 0 Å². The van der Waals surface area contributed by atoms with Crippen LogP contribution in [0.5, 0.6) is 0 Å². The van der Waals surface area contributed by atoms with E-state index in [4.69, 9.17) is 10.2 Å². The number of nitrogens with one attached hydrogen (secondary N) is 1. The summed E-state index contributed by atoms with van der Waals surface area (Å²) in [7, 11) is 2.89. The quantitative estimate of drug-likeness (QED) is 0.761. The van der Waals surface area contributed by atoms with Gasteiger partial charge in [0.05, 0.1) is 28.4 Å². The van der Waals surface area contributed by atoms with Crippen molar-refractivity contribution in [3.63, 3.8) is 0 Å². The van der Waals surface area contributed by atoms with Crippen LogP contribution < -0.4 is 16.0 Å². The first kappa shape index (κ1) is 22.0. The summed E-state index contributed by atoms with van der Waals surface area (Å²) in [6.07, 6.45) is 1.31. The van der Waals surface area contributed by atoms with Gasteiger partial charge in [0.25, 0.3) is 5.91 Å². The third-order valence-corrected chi connectivity index (χ3v) is 5.40. The minimum absolute atomic E-state index is 0. The van der Waals surface area contributed by atoms with Crippen LogP contribution in [-0.4, -0.2) is 46.8 Å². The molecule has 0 aliphatic carbocycles. The van der Waals surface area contributed by atoms with E-state index in [9.17, 15) is 13.2 Å². The molecule has 1 aromatic carbocycles. The molecule has 1 heterocycles. The van der Waals surface area contributed by atoms with Gasteiger partial charge in [0.1, 0.15) is 12.0 Å². The molecule has 2 rings (SSSR count). The normalized spacial score (nSPS) is 11.2. The fraction of sp³-hybridized carbons (Fsp3) is 0.312. The Labute approximate surface area is 159 Å². The number of halogens is 1. The van der Waals surface area contributed by atoms with Gasteiger partial charge in [-0.3, -0.25) is 4.79 Å². The first-order valence-electron chi connectivity index (χ1n) is 7.49. The lowest BCUT2D eigenvalue weighted by molar-refractivity contribution is 0.102. The maximum Gasteiger partial charge on any atom is 0.258 e. The fourth-order valence-corrected chi connectivity index (χ4v) is 3.11. The number of hydrogen-bond donors (Lipinski definition) is 2. The maximum atomic E-state index is 12.4. The lowest BCUT2D eigenvalue weighted by Gasteiger charge is -2.20. The lowest BCUT2D eigenvalue weighted by Crippen LogP contribution is -2.23. The predicted octanol–water partition coefficient (Wildman–Crippen LogP) is 1.73. The molecule has 144 valence electrons. The van der Waals surface area contributed by atoms with Crippen LogP contribution in [0.15, 0.2) is 39.8 Å². The van der Waals surface area contributed by atoms with Crippen LogP contribution in [0.1, 0.15) is 16.1 Å². The number of sulfonamides is 1. The SMILES string of the molecule is CN(C)c1ccc(S(=O)(=O)N(C)C)cc1NC(=O)c1coc(CN)c1.Cl. The Morgan fingerprint density at radius 3 is 2.35 bits per heavy atom. The van der Waals surface area contributed by atoms with Gasteiger partial charge in [-0.25, -0.2) is 12.7 Å². The number of carbonyl (C=O) groups is 1. The van der Waals surface area contributed by atoms with E-state index < -0.39 is 15.9 Å². The number of nitrogens with two attached hydrogens (primary N) is 1. The Kier molecular flexibility index (Phi) is 7.22. The smallest absolute Gasteiger partial charge is 0.258 e. The summed E-state index contributed by atoms with van der Waals surface area (Å²) in [5, 5.41) is 2.73. The van der Waals surface area contributed by atoms with Crippen molar-refractivity contribution in [2.45, 2.75) is 11.4 Å². The molecular weight excluding hydrogens is 380 g/mol. The second kappa shape index (κ2) is 8.54. The van der Waals surface area contributed by atoms with E-state index in [2.05, 4.69) is 5.32 Å². The van der Waals surface area contributed by atoms with Gasteiger partial charge in [0.15, 0.2) is 0 Å². The van der Waals surface area contributed by atoms with Crippen molar-refractivity contribution in [2.75, 3.05) is 38.4 Å². The monoisotopic (exact) mass is 402 g/mol. The van der Waals surface area contributed by atoms with E-state index in [0.29, 0.717) is 22.7 Å². The second-order valence-corrected chi connectivity index (χ2v) is 7.97. The average molecular weight is 403 g/mol. The highest BCUT2D eigenvalue weighted by atomic mass is 35.5. The van der Waals surface area contributed by atoms with Gasteiger partial charge in [-0.2, -0.15) is 0 Å².